The summed E-state index contributed by atoms with van der Waals surface area (Å²) in [4.78, 5) is 37.1. The van der Waals surface area contributed by atoms with Crippen LogP contribution in [0.4, 0.5) is 5.69 Å². The van der Waals surface area contributed by atoms with Gasteiger partial charge in [-0.05, 0) is 44.0 Å². The van der Waals surface area contributed by atoms with Gasteiger partial charge in [0.1, 0.15) is 4.88 Å². The van der Waals surface area contributed by atoms with E-state index in [4.69, 9.17) is 4.74 Å². The molecule has 0 aliphatic rings. The molecule has 0 radical (unpaired) electrons. The summed E-state index contributed by atoms with van der Waals surface area (Å²) >= 11 is 2.97. The molecule has 8 heteroatoms. The lowest BCUT2D eigenvalue weighted by atomic mass is 10.1. The number of hydrogen-bond acceptors (Lipinski definition) is 6. The number of aryl methyl sites for hydroxylation is 3. The molecule has 4 aromatic rings. The number of amides is 2. The van der Waals surface area contributed by atoms with Crippen LogP contribution in [-0.2, 0) is 14.3 Å². The minimum Gasteiger partial charge on any atom is -0.451 e. The maximum Gasteiger partial charge on any atom is 0.348 e. The second-order valence-corrected chi connectivity index (χ2v) is 9.71. The van der Waals surface area contributed by atoms with Crippen molar-refractivity contribution in [2.24, 2.45) is 0 Å². The van der Waals surface area contributed by atoms with Crippen LogP contribution in [0, 0.1) is 20.8 Å². The molecule has 2 heterocycles. The quantitative estimate of drug-likeness (QED) is 0.394. The van der Waals surface area contributed by atoms with E-state index in [1.165, 1.54) is 16.0 Å². The first kappa shape index (κ1) is 22.0. The zero-order valence-electron chi connectivity index (χ0n) is 17.9. The number of nitrogens with one attached hydrogen (secondary N) is 2. The zero-order valence-corrected chi connectivity index (χ0v) is 19.5. The van der Waals surface area contributed by atoms with Gasteiger partial charge in [0.2, 0.25) is 5.91 Å². The van der Waals surface area contributed by atoms with Gasteiger partial charge in [0, 0.05) is 20.5 Å². The summed E-state index contributed by atoms with van der Waals surface area (Å²) in [5.74, 6) is -1.42. The summed E-state index contributed by atoms with van der Waals surface area (Å²) in [6.07, 6.45) is 0. The Balaban J connectivity index is 1.29. The summed E-state index contributed by atoms with van der Waals surface area (Å²) < 4.78 is 8.37. The fourth-order valence-corrected chi connectivity index (χ4v) is 6.01. The molecule has 0 atom stereocenters. The molecule has 2 aromatic carbocycles. The van der Waals surface area contributed by atoms with Crippen molar-refractivity contribution in [1.82, 2.24) is 5.32 Å². The minimum atomic E-state index is -0.548. The Kier molecular flexibility index (Phi) is 6.25. The number of benzene rings is 2. The zero-order chi connectivity index (χ0) is 22.8. The summed E-state index contributed by atoms with van der Waals surface area (Å²) in [6.45, 7) is 5.19. The first-order chi connectivity index (χ1) is 15.3. The highest BCUT2D eigenvalue weighted by molar-refractivity contribution is 7.33. The maximum absolute atomic E-state index is 12.4. The Bertz CT molecular complexity index is 1330. The highest BCUT2D eigenvalue weighted by Gasteiger charge is 2.17. The Labute approximate surface area is 193 Å². The maximum atomic E-state index is 12.4. The van der Waals surface area contributed by atoms with E-state index in [1.54, 1.807) is 17.4 Å². The largest absolute Gasteiger partial charge is 0.451 e. The van der Waals surface area contributed by atoms with Gasteiger partial charge < -0.3 is 15.4 Å². The van der Waals surface area contributed by atoms with Crippen molar-refractivity contribution in [1.29, 1.82) is 0 Å². The fourth-order valence-electron chi connectivity index (χ4n) is 3.59. The summed E-state index contributed by atoms with van der Waals surface area (Å²) in [6, 6.07) is 13.8. The van der Waals surface area contributed by atoms with Crippen LogP contribution < -0.4 is 10.6 Å². The van der Waals surface area contributed by atoms with Crippen molar-refractivity contribution in [2.45, 2.75) is 20.8 Å². The third-order valence-corrected chi connectivity index (χ3v) is 7.37. The Morgan fingerprint density at radius 2 is 1.62 bits per heavy atom. The van der Waals surface area contributed by atoms with Gasteiger partial charge >= 0.3 is 5.97 Å². The molecule has 0 saturated heterocycles. The molecule has 0 spiro atoms. The molecular weight excluding hydrogens is 444 g/mol. The lowest BCUT2D eigenvalue weighted by Gasteiger charge is -2.13. The molecule has 6 nitrogen and oxygen atoms in total. The smallest absolute Gasteiger partial charge is 0.348 e. The van der Waals surface area contributed by atoms with Crippen molar-refractivity contribution in [3.05, 3.63) is 64.0 Å². The molecule has 0 bridgehead atoms. The van der Waals surface area contributed by atoms with Crippen LogP contribution in [0.15, 0.2) is 42.5 Å². The predicted molar refractivity (Wildman–Crippen MR) is 130 cm³/mol. The molecule has 0 aliphatic carbocycles. The number of anilines is 1. The van der Waals surface area contributed by atoms with Gasteiger partial charge in [0.25, 0.3) is 5.91 Å². The average molecular weight is 467 g/mol. The van der Waals surface area contributed by atoms with Gasteiger partial charge in [0.05, 0.1) is 11.2 Å². The third-order valence-electron chi connectivity index (χ3n) is 4.97. The van der Waals surface area contributed by atoms with Crippen LogP contribution in [-0.4, -0.2) is 30.9 Å². The number of rotatable bonds is 6. The fraction of sp³-hybridized carbons (Fsp3) is 0.208. The lowest BCUT2D eigenvalue weighted by Crippen LogP contribution is -2.35. The first-order valence-electron chi connectivity index (χ1n) is 10.0. The molecule has 0 aliphatic heterocycles. The topological polar surface area (TPSA) is 84.5 Å². The SMILES string of the molecule is Cc1cc(C)c(NC(=O)CNC(=O)COC(=O)c2cc3sc4ccccc4c3s2)c(C)c1. The van der Waals surface area contributed by atoms with Crippen LogP contribution >= 0.6 is 22.7 Å². The van der Waals surface area contributed by atoms with Crippen LogP contribution in [0.5, 0.6) is 0 Å². The van der Waals surface area contributed by atoms with E-state index in [9.17, 15) is 14.4 Å². The van der Waals surface area contributed by atoms with E-state index < -0.39 is 18.5 Å². The van der Waals surface area contributed by atoms with Crippen molar-refractivity contribution in [3.63, 3.8) is 0 Å². The molecule has 0 fully saturated rings. The molecule has 0 unspecified atom stereocenters. The van der Waals surface area contributed by atoms with E-state index in [2.05, 4.69) is 10.6 Å². The van der Waals surface area contributed by atoms with Gasteiger partial charge in [-0.3, -0.25) is 9.59 Å². The summed E-state index contributed by atoms with van der Waals surface area (Å²) in [7, 11) is 0. The summed E-state index contributed by atoms with van der Waals surface area (Å²) in [5.41, 5.74) is 3.78. The van der Waals surface area contributed by atoms with Crippen molar-refractivity contribution in [3.8, 4) is 0 Å². The number of ether oxygens (including phenoxy) is 1. The molecule has 2 N–H and O–H groups in total. The van der Waals surface area contributed by atoms with E-state index in [0.717, 1.165) is 37.2 Å². The van der Waals surface area contributed by atoms with Crippen LogP contribution in [0.1, 0.15) is 26.4 Å². The molecule has 0 saturated carbocycles. The highest BCUT2D eigenvalue weighted by atomic mass is 32.1. The second-order valence-electron chi connectivity index (χ2n) is 7.58. The van der Waals surface area contributed by atoms with Crippen LogP contribution in [0.2, 0.25) is 0 Å². The molecule has 2 aromatic heterocycles. The molecule has 164 valence electrons. The van der Waals surface area contributed by atoms with Crippen LogP contribution in [0.3, 0.4) is 0 Å². The van der Waals surface area contributed by atoms with Crippen LogP contribution in [0.25, 0.3) is 19.5 Å². The number of esters is 1. The molecule has 4 rings (SSSR count). The standard InChI is InChI=1S/C24H22N2O4S2/c1-13-8-14(2)22(15(3)9-13)26-20(27)11-25-21(28)12-30-24(29)19-10-18-23(32-19)16-6-4-5-7-17(16)31-18/h4-10H,11-12H2,1-3H3,(H,25,28)(H,26,27). The predicted octanol–water partition coefficient (Wildman–Crippen LogP) is 4.95. The third kappa shape index (κ3) is 4.66. The number of hydrogen-bond donors (Lipinski definition) is 2. The first-order valence-corrected chi connectivity index (χ1v) is 11.7. The molecular formula is C24H22N2O4S2. The number of carbonyl (C=O) groups is 3. The van der Waals surface area contributed by atoms with E-state index in [0.29, 0.717) is 4.88 Å². The molecule has 2 amide bonds. The second kappa shape index (κ2) is 9.10. The minimum absolute atomic E-state index is 0.205. The van der Waals surface area contributed by atoms with Crippen molar-refractivity contribution >= 4 is 65.6 Å². The highest BCUT2D eigenvalue weighted by Crippen LogP contribution is 2.39. The lowest BCUT2D eigenvalue weighted by molar-refractivity contribution is -0.126. The van der Waals surface area contributed by atoms with Gasteiger partial charge in [-0.25, -0.2) is 4.79 Å². The van der Waals surface area contributed by atoms with E-state index in [-0.39, 0.29) is 12.5 Å². The number of fused-ring (bicyclic) bond motifs is 3. The Morgan fingerprint density at radius 3 is 2.38 bits per heavy atom. The summed E-state index contributed by atoms with van der Waals surface area (Å²) in [5, 5.41) is 6.41. The van der Waals surface area contributed by atoms with Crippen molar-refractivity contribution < 1.29 is 19.1 Å². The average Bonchev–Trinajstić information content (AvgIpc) is 3.31. The number of thiophene rings is 2. The number of carbonyl (C=O) groups excluding carboxylic acids is 3. The van der Waals surface area contributed by atoms with Gasteiger partial charge in [-0.2, -0.15) is 0 Å². The molecule has 32 heavy (non-hydrogen) atoms. The Morgan fingerprint density at radius 1 is 0.906 bits per heavy atom. The van der Waals surface area contributed by atoms with Gasteiger partial charge in [-0.15, -0.1) is 22.7 Å². The van der Waals surface area contributed by atoms with Gasteiger partial charge in [0.15, 0.2) is 6.61 Å². The monoisotopic (exact) mass is 466 g/mol. The normalized spacial score (nSPS) is 11.0. The van der Waals surface area contributed by atoms with Crippen molar-refractivity contribution in [2.75, 3.05) is 18.5 Å². The van der Waals surface area contributed by atoms with E-state index in [1.807, 2.05) is 57.2 Å². The van der Waals surface area contributed by atoms with Gasteiger partial charge in [-0.1, -0.05) is 35.9 Å². The van der Waals surface area contributed by atoms with E-state index >= 15 is 0 Å². The Hall–Kier alpha value is -3.23.